The molecule has 0 aromatic rings. The Hall–Kier alpha value is -1.51. The molecule has 2 rings (SSSR count). The standard InChI is InChI=1S/C7H5NO2/c9-7-2-1-6-5-10-4-3-8(6)7/h1-5H. The van der Waals surface area contributed by atoms with Crippen molar-refractivity contribution in [3.63, 3.8) is 0 Å². The molecule has 2 aliphatic rings. The van der Waals surface area contributed by atoms with E-state index in [-0.39, 0.29) is 5.56 Å². The minimum absolute atomic E-state index is 0.0224. The van der Waals surface area contributed by atoms with Gasteiger partial charge in [-0.2, -0.15) is 0 Å². The van der Waals surface area contributed by atoms with Gasteiger partial charge in [-0.1, -0.05) is 0 Å². The van der Waals surface area contributed by atoms with Gasteiger partial charge >= 0.3 is 0 Å². The Balaban J connectivity index is 2.91. The molecule has 0 bridgehead atoms. The number of hydrogen-bond donors (Lipinski definition) is 0. The highest BCUT2D eigenvalue weighted by atomic mass is 16.3. The number of hydrogen-bond acceptors (Lipinski definition) is 2. The van der Waals surface area contributed by atoms with E-state index in [0.29, 0.717) is 0 Å². The Morgan fingerprint density at radius 3 is 3.10 bits per heavy atom. The SMILES string of the molecule is O=c1ccc2coccn1-2. The van der Waals surface area contributed by atoms with Crippen molar-refractivity contribution in [1.82, 2.24) is 4.57 Å². The maximum absolute atomic E-state index is 10.9. The van der Waals surface area contributed by atoms with Crippen LogP contribution in [0.1, 0.15) is 0 Å². The van der Waals surface area contributed by atoms with Gasteiger partial charge in [-0.05, 0) is 6.07 Å². The van der Waals surface area contributed by atoms with Gasteiger partial charge in [0.15, 0.2) is 0 Å². The molecule has 0 saturated carbocycles. The third-order valence-electron chi connectivity index (χ3n) is 1.39. The van der Waals surface area contributed by atoms with Crippen molar-refractivity contribution in [3.8, 4) is 5.69 Å². The summed E-state index contributed by atoms with van der Waals surface area (Å²) in [5, 5.41) is 0. The van der Waals surface area contributed by atoms with E-state index in [0.717, 1.165) is 5.69 Å². The highest BCUT2D eigenvalue weighted by Gasteiger charge is 2.00. The van der Waals surface area contributed by atoms with Gasteiger partial charge < -0.3 is 4.42 Å². The van der Waals surface area contributed by atoms with Crippen LogP contribution in [0.3, 0.4) is 0 Å². The number of aromatic nitrogens is 1. The second-order valence-electron chi connectivity index (χ2n) is 2.01. The van der Waals surface area contributed by atoms with Gasteiger partial charge in [0, 0.05) is 12.3 Å². The van der Waals surface area contributed by atoms with Gasteiger partial charge in [0.2, 0.25) is 0 Å². The molecule has 3 heteroatoms. The lowest BCUT2D eigenvalue weighted by molar-refractivity contribution is 0.535. The summed E-state index contributed by atoms with van der Waals surface area (Å²) in [4.78, 5) is 10.9. The molecular weight excluding hydrogens is 130 g/mol. The van der Waals surface area contributed by atoms with E-state index in [1.165, 1.54) is 23.2 Å². The van der Waals surface area contributed by atoms with Crippen LogP contribution in [0.2, 0.25) is 0 Å². The molecule has 0 aliphatic carbocycles. The van der Waals surface area contributed by atoms with Crippen molar-refractivity contribution >= 4 is 0 Å². The summed E-state index contributed by atoms with van der Waals surface area (Å²) < 4.78 is 6.36. The lowest BCUT2D eigenvalue weighted by Crippen LogP contribution is -2.09. The molecule has 0 amide bonds. The van der Waals surface area contributed by atoms with Crippen molar-refractivity contribution in [2.24, 2.45) is 0 Å². The number of rotatable bonds is 0. The predicted octanol–water partition coefficient (Wildman–Crippen LogP) is 0.868. The lowest BCUT2D eigenvalue weighted by Gasteiger charge is -1.96. The molecule has 0 saturated heterocycles. The summed E-state index contributed by atoms with van der Waals surface area (Å²) in [5.74, 6) is 0. The first-order valence-corrected chi connectivity index (χ1v) is 2.91. The van der Waals surface area contributed by atoms with Crippen LogP contribution in [-0.4, -0.2) is 4.57 Å². The first-order valence-electron chi connectivity index (χ1n) is 2.91. The van der Waals surface area contributed by atoms with Crippen molar-refractivity contribution in [2.75, 3.05) is 0 Å². The maximum Gasteiger partial charge on any atom is 0.255 e. The molecule has 0 N–H and O–H groups in total. The molecule has 0 atom stereocenters. The van der Waals surface area contributed by atoms with Crippen molar-refractivity contribution < 1.29 is 4.42 Å². The zero-order valence-electron chi connectivity index (χ0n) is 5.15. The summed E-state index contributed by atoms with van der Waals surface area (Å²) in [6.45, 7) is 0. The van der Waals surface area contributed by atoms with Crippen molar-refractivity contribution in [2.45, 2.75) is 0 Å². The summed E-state index contributed by atoms with van der Waals surface area (Å²) >= 11 is 0. The highest BCUT2D eigenvalue weighted by Crippen LogP contribution is 2.03. The van der Waals surface area contributed by atoms with E-state index in [9.17, 15) is 4.79 Å². The molecule has 0 unspecified atom stereocenters. The van der Waals surface area contributed by atoms with E-state index in [2.05, 4.69) is 0 Å². The van der Waals surface area contributed by atoms with Crippen molar-refractivity contribution in [1.29, 1.82) is 0 Å². The normalized spacial score (nSPS) is 10.4. The molecule has 2 heterocycles. The summed E-state index contributed by atoms with van der Waals surface area (Å²) in [6, 6.07) is 3.22. The fraction of sp³-hybridized carbons (Fsp3) is 0. The maximum atomic E-state index is 10.9. The average Bonchev–Trinajstić information content (AvgIpc) is 2.34. The van der Waals surface area contributed by atoms with Crippen LogP contribution in [0.5, 0.6) is 0 Å². The molecule has 0 fully saturated rings. The topological polar surface area (TPSA) is 35.1 Å². The van der Waals surface area contributed by atoms with Crippen LogP contribution < -0.4 is 5.56 Å². The summed E-state index contributed by atoms with van der Waals surface area (Å²) in [6.07, 6.45) is 4.59. The Kier molecular flexibility index (Phi) is 0.917. The van der Waals surface area contributed by atoms with E-state index in [1.54, 1.807) is 12.3 Å². The second kappa shape index (κ2) is 1.73. The second-order valence-corrected chi connectivity index (χ2v) is 2.01. The smallest absolute Gasteiger partial charge is 0.255 e. The number of fused-ring (bicyclic) bond motifs is 1. The predicted molar refractivity (Wildman–Crippen MR) is 35.5 cm³/mol. The van der Waals surface area contributed by atoms with Gasteiger partial charge in [0.05, 0.1) is 5.69 Å². The first-order chi connectivity index (χ1) is 4.88. The van der Waals surface area contributed by atoms with Crippen LogP contribution in [-0.2, 0) is 0 Å². The molecule has 0 aromatic carbocycles. The molecule has 0 spiro atoms. The van der Waals surface area contributed by atoms with Gasteiger partial charge in [-0.15, -0.1) is 0 Å². The van der Waals surface area contributed by atoms with Crippen LogP contribution >= 0.6 is 0 Å². The van der Waals surface area contributed by atoms with Crippen LogP contribution in [0.25, 0.3) is 5.69 Å². The van der Waals surface area contributed by atoms with Crippen LogP contribution in [0, 0.1) is 0 Å². The molecule has 0 aromatic heterocycles. The molecule has 3 nitrogen and oxygen atoms in total. The quantitative estimate of drug-likeness (QED) is 0.537. The molecular formula is C7H5NO2. The van der Waals surface area contributed by atoms with E-state index in [4.69, 9.17) is 4.42 Å². The fourth-order valence-corrected chi connectivity index (χ4v) is 0.905. The van der Waals surface area contributed by atoms with Gasteiger partial charge in [-0.25, -0.2) is 0 Å². The molecule has 2 aliphatic heterocycles. The largest absolute Gasteiger partial charge is 0.469 e. The minimum Gasteiger partial charge on any atom is -0.469 e. The Morgan fingerprint density at radius 1 is 1.40 bits per heavy atom. The first kappa shape index (κ1) is 5.29. The minimum atomic E-state index is -0.0224. The summed E-state index contributed by atoms with van der Waals surface area (Å²) in [7, 11) is 0. The van der Waals surface area contributed by atoms with Gasteiger partial charge in [0.25, 0.3) is 5.56 Å². The van der Waals surface area contributed by atoms with Gasteiger partial charge in [-0.3, -0.25) is 9.36 Å². The third kappa shape index (κ3) is 0.572. The molecule has 0 radical (unpaired) electrons. The van der Waals surface area contributed by atoms with E-state index >= 15 is 0 Å². The van der Waals surface area contributed by atoms with Gasteiger partial charge in [0.1, 0.15) is 12.5 Å². The number of nitrogens with zero attached hydrogens (tertiary/aromatic N) is 1. The van der Waals surface area contributed by atoms with Crippen molar-refractivity contribution in [3.05, 3.63) is 41.2 Å². The third-order valence-corrected chi connectivity index (χ3v) is 1.39. The van der Waals surface area contributed by atoms with E-state index < -0.39 is 0 Å². The fourth-order valence-electron chi connectivity index (χ4n) is 0.905. The molecule has 50 valence electrons. The Labute approximate surface area is 56.9 Å². The average molecular weight is 135 g/mol. The monoisotopic (exact) mass is 135 g/mol. The highest BCUT2D eigenvalue weighted by molar-refractivity contribution is 5.29. The van der Waals surface area contributed by atoms with E-state index in [1.807, 2.05) is 0 Å². The van der Waals surface area contributed by atoms with Crippen LogP contribution in [0.15, 0.2) is 40.1 Å². The molecule has 10 heavy (non-hydrogen) atoms. The Morgan fingerprint density at radius 2 is 2.30 bits per heavy atom. The lowest BCUT2D eigenvalue weighted by atomic mass is 10.5. The zero-order valence-corrected chi connectivity index (χ0v) is 5.15. The van der Waals surface area contributed by atoms with Crippen LogP contribution in [0.4, 0.5) is 0 Å². The zero-order chi connectivity index (χ0) is 6.97. The summed E-state index contributed by atoms with van der Waals surface area (Å²) in [5.41, 5.74) is 0.762. The Bertz CT molecular complexity index is 360.